The standard InChI is InChI=1S/C14H18N4O2/c1-3-20-13-6-4-5-11(17-13)7-8-15-14(19)12-9-16-18-10(12)2/h4-6,9H,3,7-8H2,1-2H3,(H,15,19)(H,16,18). The van der Waals surface area contributed by atoms with Gasteiger partial charge in [-0.25, -0.2) is 4.98 Å². The molecule has 2 aromatic rings. The molecule has 6 heteroatoms. The molecule has 106 valence electrons. The number of nitrogens with zero attached hydrogens (tertiary/aromatic N) is 2. The van der Waals surface area contributed by atoms with Gasteiger partial charge in [0.15, 0.2) is 0 Å². The molecule has 0 aromatic carbocycles. The van der Waals surface area contributed by atoms with Crippen LogP contribution >= 0.6 is 0 Å². The lowest BCUT2D eigenvalue weighted by atomic mass is 10.2. The van der Waals surface area contributed by atoms with Crippen LogP contribution in [0.1, 0.15) is 28.7 Å². The van der Waals surface area contributed by atoms with Gasteiger partial charge in [0, 0.05) is 30.4 Å². The van der Waals surface area contributed by atoms with Crippen molar-refractivity contribution >= 4 is 5.91 Å². The summed E-state index contributed by atoms with van der Waals surface area (Å²) in [5.74, 6) is 0.485. The number of carbonyl (C=O) groups excluding carboxylic acids is 1. The zero-order chi connectivity index (χ0) is 14.4. The van der Waals surface area contributed by atoms with Crippen LogP contribution in [-0.4, -0.2) is 34.2 Å². The van der Waals surface area contributed by atoms with Crippen LogP contribution < -0.4 is 10.1 Å². The van der Waals surface area contributed by atoms with Crippen molar-refractivity contribution in [2.24, 2.45) is 0 Å². The van der Waals surface area contributed by atoms with Crippen molar-refractivity contribution in [1.29, 1.82) is 0 Å². The summed E-state index contributed by atoms with van der Waals surface area (Å²) < 4.78 is 5.34. The lowest BCUT2D eigenvalue weighted by Crippen LogP contribution is -2.26. The minimum absolute atomic E-state index is 0.128. The molecule has 2 heterocycles. The number of pyridine rings is 1. The fraction of sp³-hybridized carbons (Fsp3) is 0.357. The molecule has 6 nitrogen and oxygen atoms in total. The minimum atomic E-state index is -0.128. The molecule has 2 aromatic heterocycles. The van der Waals surface area contributed by atoms with Gasteiger partial charge in [-0.15, -0.1) is 0 Å². The van der Waals surface area contributed by atoms with Crippen LogP contribution in [0.4, 0.5) is 0 Å². The third kappa shape index (κ3) is 3.57. The average molecular weight is 274 g/mol. The van der Waals surface area contributed by atoms with Gasteiger partial charge < -0.3 is 10.1 Å². The maximum atomic E-state index is 11.9. The molecule has 20 heavy (non-hydrogen) atoms. The molecule has 0 bridgehead atoms. The molecule has 0 unspecified atom stereocenters. The monoisotopic (exact) mass is 274 g/mol. The molecule has 0 spiro atoms. The summed E-state index contributed by atoms with van der Waals surface area (Å²) >= 11 is 0. The third-order valence-corrected chi connectivity index (χ3v) is 2.81. The summed E-state index contributed by atoms with van der Waals surface area (Å²) in [6.45, 7) is 4.84. The topological polar surface area (TPSA) is 79.9 Å². The number of nitrogens with one attached hydrogen (secondary N) is 2. The number of ether oxygens (including phenoxy) is 1. The Morgan fingerprint density at radius 1 is 1.45 bits per heavy atom. The Morgan fingerprint density at radius 3 is 3.00 bits per heavy atom. The Balaban J connectivity index is 1.85. The summed E-state index contributed by atoms with van der Waals surface area (Å²) in [4.78, 5) is 16.2. The number of aryl methyl sites for hydroxylation is 1. The van der Waals surface area contributed by atoms with Crippen LogP contribution in [0.2, 0.25) is 0 Å². The third-order valence-electron chi connectivity index (χ3n) is 2.81. The zero-order valence-electron chi connectivity index (χ0n) is 11.6. The van der Waals surface area contributed by atoms with Crippen LogP contribution in [-0.2, 0) is 6.42 Å². The highest BCUT2D eigenvalue weighted by Gasteiger charge is 2.09. The quantitative estimate of drug-likeness (QED) is 0.836. The predicted octanol–water partition coefficient (Wildman–Crippen LogP) is 1.48. The highest BCUT2D eigenvalue weighted by atomic mass is 16.5. The number of aromatic amines is 1. The summed E-state index contributed by atoms with van der Waals surface area (Å²) in [7, 11) is 0. The van der Waals surface area contributed by atoms with Gasteiger partial charge in [-0.1, -0.05) is 6.07 Å². The lowest BCUT2D eigenvalue weighted by Gasteiger charge is -2.06. The Hall–Kier alpha value is -2.37. The summed E-state index contributed by atoms with van der Waals surface area (Å²) in [5.41, 5.74) is 2.22. The number of rotatable bonds is 6. The number of aromatic nitrogens is 3. The second-order valence-corrected chi connectivity index (χ2v) is 4.31. The van der Waals surface area contributed by atoms with Gasteiger partial charge in [0.2, 0.25) is 5.88 Å². The zero-order valence-corrected chi connectivity index (χ0v) is 11.6. The van der Waals surface area contributed by atoms with Crippen molar-refractivity contribution in [3.8, 4) is 5.88 Å². The number of H-pyrrole nitrogens is 1. The number of hydrogen-bond acceptors (Lipinski definition) is 4. The van der Waals surface area contributed by atoms with E-state index in [1.807, 2.05) is 32.0 Å². The largest absolute Gasteiger partial charge is 0.478 e. The van der Waals surface area contributed by atoms with Crippen molar-refractivity contribution in [2.75, 3.05) is 13.2 Å². The van der Waals surface area contributed by atoms with Gasteiger partial charge in [0.1, 0.15) is 0 Å². The maximum Gasteiger partial charge on any atom is 0.254 e. The Morgan fingerprint density at radius 2 is 2.30 bits per heavy atom. The van der Waals surface area contributed by atoms with E-state index in [1.54, 1.807) is 0 Å². The van der Waals surface area contributed by atoms with Crippen LogP contribution in [0, 0.1) is 6.92 Å². The highest BCUT2D eigenvalue weighted by molar-refractivity contribution is 5.94. The molecule has 1 amide bonds. The lowest BCUT2D eigenvalue weighted by molar-refractivity contribution is 0.0953. The van der Waals surface area contributed by atoms with E-state index >= 15 is 0 Å². The van der Waals surface area contributed by atoms with Gasteiger partial charge >= 0.3 is 0 Å². The van der Waals surface area contributed by atoms with Crippen molar-refractivity contribution in [3.63, 3.8) is 0 Å². The minimum Gasteiger partial charge on any atom is -0.478 e. The molecule has 0 atom stereocenters. The molecule has 0 saturated carbocycles. The van der Waals surface area contributed by atoms with Gasteiger partial charge in [0.05, 0.1) is 18.4 Å². The fourth-order valence-corrected chi connectivity index (χ4v) is 1.80. The molecular weight excluding hydrogens is 256 g/mol. The SMILES string of the molecule is CCOc1cccc(CCNC(=O)c2cn[nH]c2C)n1. The van der Waals surface area contributed by atoms with E-state index in [4.69, 9.17) is 4.74 Å². The van der Waals surface area contributed by atoms with Gasteiger partial charge in [-0.2, -0.15) is 5.10 Å². The van der Waals surface area contributed by atoms with Gasteiger partial charge in [-0.3, -0.25) is 9.89 Å². The number of carbonyl (C=O) groups is 1. The van der Waals surface area contributed by atoms with E-state index in [9.17, 15) is 4.79 Å². The second kappa shape index (κ2) is 6.70. The summed E-state index contributed by atoms with van der Waals surface area (Å²) in [6, 6.07) is 5.63. The molecular formula is C14H18N4O2. The average Bonchev–Trinajstić information content (AvgIpc) is 2.86. The first-order valence-electron chi connectivity index (χ1n) is 6.57. The molecule has 0 radical (unpaired) electrons. The first-order valence-corrected chi connectivity index (χ1v) is 6.57. The summed E-state index contributed by atoms with van der Waals surface area (Å²) in [6.07, 6.45) is 2.18. The van der Waals surface area contributed by atoms with E-state index in [0.29, 0.717) is 31.0 Å². The molecule has 0 aliphatic carbocycles. The number of amides is 1. The van der Waals surface area contributed by atoms with Crippen LogP contribution in [0.3, 0.4) is 0 Å². The van der Waals surface area contributed by atoms with Crippen LogP contribution in [0.15, 0.2) is 24.4 Å². The maximum absolute atomic E-state index is 11.9. The molecule has 0 saturated heterocycles. The van der Waals surface area contributed by atoms with Gasteiger partial charge in [-0.05, 0) is 19.9 Å². The van der Waals surface area contributed by atoms with Crippen molar-refractivity contribution in [3.05, 3.63) is 41.3 Å². The second-order valence-electron chi connectivity index (χ2n) is 4.31. The molecule has 0 aliphatic rings. The van der Waals surface area contributed by atoms with Crippen molar-refractivity contribution in [2.45, 2.75) is 20.3 Å². The molecule has 2 rings (SSSR count). The Labute approximate surface area is 117 Å². The van der Waals surface area contributed by atoms with E-state index in [-0.39, 0.29) is 5.91 Å². The normalized spacial score (nSPS) is 10.3. The summed E-state index contributed by atoms with van der Waals surface area (Å²) in [5, 5.41) is 9.41. The van der Waals surface area contributed by atoms with Crippen LogP contribution in [0.5, 0.6) is 5.88 Å². The smallest absolute Gasteiger partial charge is 0.254 e. The highest BCUT2D eigenvalue weighted by Crippen LogP contribution is 2.08. The fourth-order valence-electron chi connectivity index (χ4n) is 1.80. The van der Waals surface area contributed by atoms with E-state index < -0.39 is 0 Å². The van der Waals surface area contributed by atoms with E-state index in [1.165, 1.54) is 6.20 Å². The molecule has 2 N–H and O–H groups in total. The first kappa shape index (κ1) is 14.0. The predicted molar refractivity (Wildman–Crippen MR) is 74.8 cm³/mol. The molecule has 0 fully saturated rings. The van der Waals surface area contributed by atoms with Crippen molar-refractivity contribution in [1.82, 2.24) is 20.5 Å². The van der Waals surface area contributed by atoms with Gasteiger partial charge in [0.25, 0.3) is 5.91 Å². The van der Waals surface area contributed by atoms with Crippen molar-refractivity contribution < 1.29 is 9.53 Å². The number of hydrogen-bond donors (Lipinski definition) is 2. The van der Waals surface area contributed by atoms with E-state index in [2.05, 4.69) is 20.5 Å². The van der Waals surface area contributed by atoms with Crippen LogP contribution in [0.25, 0.3) is 0 Å². The van der Waals surface area contributed by atoms with E-state index in [0.717, 1.165) is 11.4 Å². The molecule has 0 aliphatic heterocycles. The Bertz CT molecular complexity index is 580. The Kier molecular flexibility index (Phi) is 4.70. The first-order chi connectivity index (χ1) is 9.70.